The molecule has 0 aliphatic heterocycles. The van der Waals surface area contributed by atoms with Gasteiger partial charge in [0, 0.05) is 79.8 Å². The minimum absolute atomic E-state index is 0.112. The predicted molar refractivity (Wildman–Crippen MR) is 216 cm³/mol. The number of nitrogens with zero attached hydrogens (tertiary/aromatic N) is 3. The summed E-state index contributed by atoms with van der Waals surface area (Å²) in [6, 6.07) is 47.5. The molecule has 1 fully saturated rings. The van der Waals surface area contributed by atoms with Crippen molar-refractivity contribution >= 4 is 80.1 Å². The Morgan fingerprint density at radius 3 is 2.08 bits per heavy atom. The first-order valence-corrected chi connectivity index (χ1v) is 19.3. The Morgan fingerprint density at radius 1 is 0.519 bits per heavy atom. The van der Waals surface area contributed by atoms with E-state index in [1.807, 2.05) is 40.9 Å². The topological polar surface area (TPSA) is 51.8 Å². The van der Waals surface area contributed by atoms with E-state index in [-0.39, 0.29) is 17.8 Å². The molecule has 2 aliphatic carbocycles. The zero-order valence-corrected chi connectivity index (χ0v) is 29.3. The molecule has 0 amide bonds. The van der Waals surface area contributed by atoms with Gasteiger partial charge in [0.25, 0.3) is 0 Å². The summed E-state index contributed by atoms with van der Waals surface area (Å²) in [5, 5.41) is 6.31. The van der Waals surface area contributed by atoms with Crippen LogP contribution in [0.3, 0.4) is 0 Å². The van der Waals surface area contributed by atoms with Gasteiger partial charge in [-0.15, -0.1) is 22.7 Å². The number of benzene rings is 6. The van der Waals surface area contributed by atoms with E-state index in [2.05, 4.69) is 127 Å². The molecule has 12 rings (SSSR count). The number of rotatable bonds is 4. The molecule has 0 radical (unpaired) electrons. The monoisotopic (exact) mass is 701 g/mol. The molecule has 2 aliphatic rings. The molecule has 1 saturated carbocycles. The van der Waals surface area contributed by atoms with Crippen LogP contribution in [0, 0.1) is 5.92 Å². The van der Waals surface area contributed by atoms with Gasteiger partial charge in [-0.2, -0.15) is 0 Å². The van der Waals surface area contributed by atoms with Crippen molar-refractivity contribution in [2.45, 2.75) is 11.8 Å². The van der Waals surface area contributed by atoms with Gasteiger partial charge in [0.1, 0.15) is 17.2 Å². The fraction of sp³-hybridized carbons (Fsp3) is 0.0652. The van der Waals surface area contributed by atoms with E-state index in [4.69, 9.17) is 19.4 Å². The van der Waals surface area contributed by atoms with Crippen molar-refractivity contribution in [3.63, 3.8) is 0 Å². The molecular weight excluding hydrogens is 675 g/mol. The third-order valence-electron chi connectivity index (χ3n) is 11.0. The number of allylic oxidation sites excluding steroid dienone is 1. The van der Waals surface area contributed by atoms with Gasteiger partial charge in [-0.1, -0.05) is 103 Å². The van der Waals surface area contributed by atoms with Gasteiger partial charge in [0.2, 0.25) is 0 Å². The molecule has 244 valence electrons. The summed E-state index contributed by atoms with van der Waals surface area (Å²) in [7, 11) is 0. The van der Waals surface area contributed by atoms with Crippen LogP contribution in [0.5, 0.6) is 0 Å². The lowest BCUT2D eigenvalue weighted by Gasteiger charge is -2.10. The Balaban J connectivity index is 1.03. The van der Waals surface area contributed by atoms with E-state index in [9.17, 15) is 0 Å². The van der Waals surface area contributed by atoms with Crippen LogP contribution in [0.15, 0.2) is 144 Å². The van der Waals surface area contributed by atoms with E-state index < -0.39 is 0 Å². The maximum atomic E-state index is 6.62. The summed E-state index contributed by atoms with van der Waals surface area (Å²) >= 11 is 3.69. The molecular formula is C46H27N3OS2. The minimum atomic E-state index is 0.112. The highest BCUT2D eigenvalue weighted by atomic mass is 32.1. The van der Waals surface area contributed by atoms with Crippen molar-refractivity contribution in [1.29, 1.82) is 0 Å². The van der Waals surface area contributed by atoms with E-state index in [1.165, 1.54) is 62.4 Å². The zero-order valence-electron chi connectivity index (χ0n) is 27.7. The highest BCUT2D eigenvalue weighted by molar-refractivity contribution is 7.26. The molecule has 6 aromatic carbocycles. The smallest absolute Gasteiger partial charge is 0.163 e. The maximum absolute atomic E-state index is 6.62. The minimum Gasteiger partial charge on any atom is -0.456 e. The van der Waals surface area contributed by atoms with Gasteiger partial charge in [-0.3, -0.25) is 0 Å². The molecule has 0 saturated heterocycles. The van der Waals surface area contributed by atoms with Crippen molar-refractivity contribution in [1.82, 2.24) is 15.0 Å². The van der Waals surface area contributed by atoms with Crippen LogP contribution in [0.2, 0.25) is 0 Å². The number of thiophene rings is 2. The summed E-state index contributed by atoms with van der Waals surface area (Å²) in [4.78, 5) is 15.6. The highest BCUT2D eigenvalue weighted by Crippen LogP contribution is 2.65. The average molecular weight is 702 g/mol. The van der Waals surface area contributed by atoms with Crippen molar-refractivity contribution in [3.05, 3.63) is 157 Å². The number of fused-ring (bicyclic) bond motifs is 11. The summed E-state index contributed by atoms with van der Waals surface area (Å²) in [6.45, 7) is 0. The second kappa shape index (κ2) is 10.8. The number of hydrogen-bond acceptors (Lipinski definition) is 6. The Labute approximate surface area is 306 Å². The number of furan rings is 1. The SMILES string of the molecule is C1=CC2C(c3nc(-c4ccccc4)nc(-c4ccc5sc6ccccc6c5c4)n3)C2c2c1oc1cccc(-c3cccc4c3sc3ccccc34)c21. The van der Waals surface area contributed by atoms with Crippen LogP contribution >= 0.6 is 22.7 Å². The summed E-state index contributed by atoms with van der Waals surface area (Å²) in [5.74, 6) is 3.81. The van der Waals surface area contributed by atoms with Crippen LogP contribution < -0.4 is 0 Å². The summed E-state index contributed by atoms with van der Waals surface area (Å²) in [5.41, 5.74) is 6.66. The Kier molecular flexibility index (Phi) is 5.95. The normalized spacial score (nSPS) is 17.7. The Bertz CT molecular complexity index is 3120. The molecule has 0 spiro atoms. The lowest BCUT2D eigenvalue weighted by atomic mass is 9.93. The van der Waals surface area contributed by atoms with Crippen molar-refractivity contribution in [2.24, 2.45) is 5.92 Å². The standard InChI is InChI=1S/C46H27N3OS2/c1-2-10-25(11-3-1)44-47-45(26-20-23-38-33(24-26)28-13-5-6-18-36(28)51-38)49-46(48-44)41-32-21-22-35-42(40(32)41)39-29(14-9-17-34(39)50-35)31-16-8-15-30-27-12-4-7-19-37(27)52-43(30)31/h1-24,32,40-41H. The molecule has 4 aromatic heterocycles. The van der Waals surface area contributed by atoms with Gasteiger partial charge in [-0.25, -0.2) is 15.0 Å². The summed E-state index contributed by atoms with van der Waals surface area (Å²) in [6.07, 6.45) is 4.48. The third-order valence-corrected chi connectivity index (χ3v) is 13.3. The predicted octanol–water partition coefficient (Wildman–Crippen LogP) is 12.9. The van der Waals surface area contributed by atoms with Gasteiger partial charge >= 0.3 is 0 Å². The summed E-state index contributed by atoms with van der Waals surface area (Å²) < 4.78 is 11.8. The molecule has 3 unspecified atom stereocenters. The zero-order chi connectivity index (χ0) is 33.9. The van der Waals surface area contributed by atoms with Crippen LogP contribution in [-0.4, -0.2) is 15.0 Å². The van der Waals surface area contributed by atoms with Gasteiger partial charge in [0.15, 0.2) is 11.6 Å². The second-order valence-corrected chi connectivity index (χ2v) is 16.0. The molecule has 0 bridgehead atoms. The van der Waals surface area contributed by atoms with Gasteiger partial charge in [-0.05, 0) is 54.0 Å². The molecule has 6 heteroatoms. The molecule has 4 nitrogen and oxygen atoms in total. The van der Waals surface area contributed by atoms with E-state index in [1.54, 1.807) is 0 Å². The van der Waals surface area contributed by atoms with Crippen LogP contribution in [0.1, 0.15) is 29.0 Å². The van der Waals surface area contributed by atoms with Crippen LogP contribution in [0.25, 0.3) is 91.3 Å². The molecule has 10 aromatic rings. The lowest BCUT2D eigenvalue weighted by molar-refractivity contribution is 0.595. The molecule has 52 heavy (non-hydrogen) atoms. The molecule has 0 N–H and O–H groups in total. The first-order chi connectivity index (χ1) is 25.8. The average Bonchev–Trinajstić information content (AvgIpc) is 3.45. The Morgan fingerprint density at radius 2 is 1.21 bits per heavy atom. The van der Waals surface area contributed by atoms with Crippen LogP contribution in [-0.2, 0) is 0 Å². The van der Waals surface area contributed by atoms with E-state index in [0.717, 1.165) is 28.3 Å². The van der Waals surface area contributed by atoms with E-state index >= 15 is 0 Å². The second-order valence-electron chi connectivity index (χ2n) is 13.8. The maximum Gasteiger partial charge on any atom is 0.163 e. The molecule has 3 atom stereocenters. The molecule has 4 heterocycles. The number of hydrogen-bond donors (Lipinski definition) is 0. The lowest BCUT2D eigenvalue weighted by Crippen LogP contribution is -2.03. The fourth-order valence-corrected chi connectivity index (χ4v) is 10.9. The largest absolute Gasteiger partial charge is 0.456 e. The van der Waals surface area contributed by atoms with Crippen molar-refractivity contribution < 1.29 is 4.42 Å². The number of aromatic nitrogens is 3. The quantitative estimate of drug-likeness (QED) is 0.183. The fourth-order valence-electron chi connectivity index (χ4n) is 8.56. The van der Waals surface area contributed by atoms with Crippen LogP contribution in [0.4, 0.5) is 0 Å². The van der Waals surface area contributed by atoms with Gasteiger partial charge < -0.3 is 4.42 Å². The first kappa shape index (κ1) is 28.7. The van der Waals surface area contributed by atoms with Crippen molar-refractivity contribution in [2.75, 3.05) is 0 Å². The highest BCUT2D eigenvalue weighted by Gasteiger charge is 2.56. The van der Waals surface area contributed by atoms with Gasteiger partial charge in [0.05, 0.1) is 0 Å². The van der Waals surface area contributed by atoms with E-state index in [0.29, 0.717) is 11.6 Å². The van der Waals surface area contributed by atoms with Crippen molar-refractivity contribution in [3.8, 4) is 33.9 Å². The third kappa shape index (κ3) is 4.16. The Hall–Kier alpha value is -5.95. The first-order valence-electron chi connectivity index (χ1n) is 17.6.